The molecule has 0 radical (unpaired) electrons. The Morgan fingerprint density at radius 1 is 1.24 bits per heavy atom. The van der Waals surface area contributed by atoms with E-state index in [9.17, 15) is 0 Å². The SMILES string of the molecule is C[C@H]1CCC[NH+]([C@@H](c2cccs2)c2nnnn2Cc2ccccc2)C1. The average molecular weight is 355 g/mol. The summed E-state index contributed by atoms with van der Waals surface area (Å²) in [5.41, 5.74) is 1.22. The van der Waals surface area contributed by atoms with Crippen molar-refractivity contribution in [1.29, 1.82) is 0 Å². The van der Waals surface area contributed by atoms with E-state index in [-0.39, 0.29) is 6.04 Å². The summed E-state index contributed by atoms with van der Waals surface area (Å²) in [5, 5.41) is 14.9. The molecule has 2 aromatic heterocycles. The second-order valence-corrected chi connectivity index (χ2v) is 7.97. The number of likely N-dealkylation sites (tertiary alicyclic amines) is 1. The summed E-state index contributed by atoms with van der Waals surface area (Å²) < 4.78 is 1.98. The number of nitrogens with one attached hydrogen (secondary N) is 1. The van der Waals surface area contributed by atoms with Crippen LogP contribution >= 0.6 is 11.3 Å². The van der Waals surface area contributed by atoms with E-state index in [0.29, 0.717) is 6.54 Å². The van der Waals surface area contributed by atoms with Gasteiger partial charge in [0.15, 0.2) is 6.04 Å². The summed E-state index contributed by atoms with van der Waals surface area (Å²) >= 11 is 1.81. The number of benzene rings is 1. The van der Waals surface area contributed by atoms with Gasteiger partial charge in [-0.1, -0.05) is 43.3 Å². The molecule has 1 N–H and O–H groups in total. The van der Waals surface area contributed by atoms with Crippen molar-refractivity contribution >= 4 is 11.3 Å². The number of thiophene rings is 1. The molecule has 1 aliphatic rings. The minimum Gasteiger partial charge on any atom is -0.321 e. The molecule has 25 heavy (non-hydrogen) atoms. The van der Waals surface area contributed by atoms with Gasteiger partial charge in [0.05, 0.1) is 24.5 Å². The van der Waals surface area contributed by atoms with Gasteiger partial charge in [0.25, 0.3) is 0 Å². The molecule has 130 valence electrons. The second kappa shape index (κ2) is 7.45. The van der Waals surface area contributed by atoms with Crippen LogP contribution in [0.25, 0.3) is 0 Å². The first kappa shape index (κ1) is 16.4. The highest BCUT2D eigenvalue weighted by Crippen LogP contribution is 2.23. The Hall–Kier alpha value is -2.05. The predicted octanol–water partition coefficient (Wildman–Crippen LogP) is 2.19. The number of tetrazole rings is 1. The van der Waals surface area contributed by atoms with Crippen molar-refractivity contribution in [3.8, 4) is 0 Å². The molecule has 1 aromatic carbocycles. The zero-order valence-corrected chi connectivity index (χ0v) is 15.3. The molecule has 3 heterocycles. The average Bonchev–Trinajstić information content (AvgIpc) is 3.30. The van der Waals surface area contributed by atoms with Crippen LogP contribution in [-0.2, 0) is 6.54 Å². The Labute approximate surface area is 152 Å². The van der Waals surface area contributed by atoms with E-state index in [1.165, 1.54) is 36.4 Å². The van der Waals surface area contributed by atoms with Crippen LogP contribution in [0, 0.1) is 5.92 Å². The van der Waals surface area contributed by atoms with Gasteiger partial charge in [0, 0.05) is 5.92 Å². The van der Waals surface area contributed by atoms with Gasteiger partial charge in [0.2, 0.25) is 5.82 Å². The highest BCUT2D eigenvalue weighted by atomic mass is 32.1. The Morgan fingerprint density at radius 2 is 2.12 bits per heavy atom. The lowest BCUT2D eigenvalue weighted by Gasteiger charge is -2.33. The van der Waals surface area contributed by atoms with E-state index in [2.05, 4.69) is 64.2 Å². The third kappa shape index (κ3) is 3.65. The topological polar surface area (TPSA) is 48.0 Å². The molecule has 1 unspecified atom stereocenters. The van der Waals surface area contributed by atoms with Crippen LogP contribution in [-0.4, -0.2) is 33.3 Å². The molecule has 5 nitrogen and oxygen atoms in total. The number of nitrogens with zero attached hydrogens (tertiary/aromatic N) is 4. The Balaban J connectivity index is 1.67. The Bertz CT molecular complexity index is 783. The van der Waals surface area contributed by atoms with Gasteiger partial charge in [-0.2, -0.15) is 0 Å². The molecule has 6 heteroatoms. The maximum absolute atomic E-state index is 4.46. The van der Waals surface area contributed by atoms with Crippen molar-refractivity contribution in [2.45, 2.75) is 32.4 Å². The molecule has 1 aliphatic heterocycles. The fraction of sp³-hybridized carbons (Fsp3) is 0.421. The van der Waals surface area contributed by atoms with E-state index in [1.807, 2.05) is 22.1 Å². The fourth-order valence-corrected chi connectivity index (χ4v) is 4.72. The summed E-state index contributed by atoms with van der Waals surface area (Å²) in [6.07, 6.45) is 2.61. The van der Waals surface area contributed by atoms with Crippen LogP contribution in [0.3, 0.4) is 0 Å². The van der Waals surface area contributed by atoms with Crippen LogP contribution in [0.1, 0.15) is 42.1 Å². The summed E-state index contributed by atoms with van der Waals surface area (Å²) in [4.78, 5) is 2.94. The van der Waals surface area contributed by atoms with Gasteiger partial charge in [-0.25, -0.2) is 4.68 Å². The fourth-order valence-electron chi connectivity index (χ4n) is 3.85. The Morgan fingerprint density at radius 3 is 2.88 bits per heavy atom. The molecular weight excluding hydrogens is 330 g/mol. The van der Waals surface area contributed by atoms with Gasteiger partial charge in [0.1, 0.15) is 0 Å². The minimum atomic E-state index is 0.224. The van der Waals surface area contributed by atoms with Gasteiger partial charge in [-0.15, -0.1) is 16.4 Å². The zero-order chi connectivity index (χ0) is 17.1. The number of rotatable bonds is 5. The van der Waals surface area contributed by atoms with Gasteiger partial charge >= 0.3 is 0 Å². The molecule has 4 rings (SSSR count). The van der Waals surface area contributed by atoms with E-state index in [0.717, 1.165) is 11.7 Å². The first-order chi connectivity index (χ1) is 12.3. The Kier molecular flexibility index (Phi) is 4.90. The largest absolute Gasteiger partial charge is 0.321 e. The normalized spacial score (nSPS) is 22.0. The molecule has 0 aliphatic carbocycles. The van der Waals surface area contributed by atoms with Crippen LogP contribution < -0.4 is 4.90 Å². The summed E-state index contributed by atoms with van der Waals surface area (Å²) in [7, 11) is 0. The van der Waals surface area contributed by atoms with Crippen LogP contribution in [0.4, 0.5) is 0 Å². The maximum atomic E-state index is 4.46. The van der Waals surface area contributed by atoms with Crippen molar-refractivity contribution in [1.82, 2.24) is 20.2 Å². The first-order valence-corrected chi connectivity index (χ1v) is 9.87. The van der Waals surface area contributed by atoms with E-state index < -0.39 is 0 Å². The molecular formula is C19H24N5S+. The van der Waals surface area contributed by atoms with Crippen molar-refractivity contribution < 1.29 is 4.90 Å². The number of quaternary nitrogens is 1. The van der Waals surface area contributed by atoms with E-state index in [4.69, 9.17) is 0 Å². The van der Waals surface area contributed by atoms with Crippen molar-refractivity contribution in [2.75, 3.05) is 13.1 Å². The molecule has 0 spiro atoms. The van der Waals surface area contributed by atoms with Crippen molar-refractivity contribution in [3.05, 3.63) is 64.1 Å². The predicted molar refractivity (Wildman–Crippen MR) is 98.6 cm³/mol. The number of piperidine rings is 1. The maximum Gasteiger partial charge on any atom is 0.215 e. The van der Waals surface area contributed by atoms with Crippen LogP contribution in [0.5, 0.6) is 0 Å². The highest BCUT2D eigenvalue weighted by Gasteiger charge is 2.35. The lowest BCUT2D eigenvalue weighted by atomic mass is 9.98. The standard InChI is InChI=1S/C19H23N5S/c1-15-7-5-11-23(13-15)18(17-10-6-12-25-17)19-20-21-22-24(19)14-16-8-3-2-4-9-16/h2-4,6,8-10,12,15,18H,5,7,11,13-14H2,1H3/p+1/t15-,18-/m0/s1. The molecule has 1 saturated heterocycles. The zero-order valence-electron chi connectivity index (χ0n) is 14.5. The molecule has 1 fully saturated rings. The number of aromatic nitrogens is 4. The molecule has 3 atom stereocenters. The first-order valence-electron chi connectivity index (χ1n) is 8.99. The smallest absolute Gasteiger partial charge is 0.215 e. The van der Waals surface area contributed by atoms with E-state index in [1.54, 1.807) is 4.90 Å². The lowest BCUT2D eigenvalue weighted by Crippen LogP contribution is -3.14. The second-order valence-electron chi connectivity index (χ2n) is 6.99. The molecule has 0 amide bonds. The van der Waals surface area contributed by atoms with Crippen LogP contribution in [0.15, 0.2) is 47.8 Å². The van der Waals surface area contributed by atoms with Gasteiger partial charge < -0.3 is 4.90 Å². The number of hydrogen-bond acceptors (Lipinski definition) is 4. The summed E-state index contributed by atoms with van der Waals surface area (Å²) in [5.74, 6) is 1.74. The molecule has 3 aromatic rings. The quantitative estimate of drug-likeness (QED) is 0.764. The van der Waals surface area contributed by atoms with E-state index >= 15 is 0 Å². The number of hydrogen-bond donors (Lipinski definition) is 1. The van der Waals surface area contributed by atoms with Gasteiger partial charge in [-0.3, -0.25) is 0 Å². The monoisotopic (exact) mass is 354 g/mol. The van der Waals surface area contributed by atoms with Crippen molar-refractivity contribution in [2.24, 2.45) is 5.92 Å². The van der Waals surface area contributed by atoms with Crippen LogP contribution in [0.2, 0.25) is 0 Å². The molecule has 0 saturated carbocycles. The molecule has 0 bridgehead atoms. The minimum absolute atomic E-state index is 0.224. The summed E-state index contributed by atoms with van der Waals surface area (Å²) in [6.45, 7) is 5.44. The van der Waals surface area contributed by atoms with Gasteiger partial charge in [-0.05, 0) is 40.3 Å². The van der Waals surface area contributed by atoms with Crippen molar-refractivity contribution in [3.63, 3.8) is 0 Å². The highest BCUT2D eigenvalue weighted by molar-refractivity contribution is 7.10. The lowest BCUT2D eigenvalue weighted by molar-refractivity contribution is -0.934. The third-order valence-corrected chi connectivity index (χ3v) is 5.97. The third-order valence-electron chi connectivity index (χ3n) is 5.03. The summed E-state index contributed by atoms with van der Waals surface area (Å²) in [6, 6.07) is 15.0.